The van der Waals surface area contributed by atoms with E-state index < -0.39 is 0 Å². The summed E-state index contributed by atoms with van der Waals surface area (Å²) in [4.78, 5) is 30.3. The molecule has 1 aliphatic carbocycles. The lowest BCUT2D eigenvalue weighted by Crippen LogP contribution is -2.48. The lowest BCUT2D eigenvalue weighted by Gasteiger charge is -2.36. The summed E-state index contributed by atoms with van der Waals surface area (Å²) in [6.07, 6.45) is 6.45. The number of carbonyl (C=O) groups is 2. The third kappa shape index (κ3) is 3.05. The molecule has 2 bridgehead atoms. The number of aromatic nitrogens is 1. The van der Waals surface area contributed by atoms with Gasteiger partial charge in [-0.15, -0.1) is 0 Å². The van der Waals surface area contributed by atoms with E-state index in [9.17, 15) is 9.59 Å². The van der Waals surface area contributed by atoms with Gasteiger partial charge in [0, 0.05) is 43.5 Å². The van der Waals surface area contributed by atoms with Crippen molar-refractivity contribution in [3.05, 3.63) is 59.9 Å². The highest BCUT2D eigenvalue weighted by atomic mass is 16.2. The van der Waals surface area contributed by atoms with E-state index in [1.165, 1.54) is 12.8 Å². The van der Waals surface area contributed by atoms with Gasteiger partial charge in [-0.05, 0) is 55.9 Å². The summed E-state index contributed by atoms with van der Waals surface area (Å²) in [5.41, 5.74) is 1.55. The van der Waals surface area contributed by atoms with Crippen LogP contribution in [0.5, 0.6) is 0 Å². The van der Waals surface area contributed by atoms with Gasteiger partial charge in [0.2, 0.25) is 0 Å². The van der Waals surface area contributed by atoms with Gasteiger partial charge < -0.3 is 14.4 Å². The number of hydrogen-bond acceptors (Lipinski definition) is 2. The zero-order valence-electron chi connectivity index (χ0n) is 15.5. The van der Waals surface area contributed by atoms with Crippen LogP contribution in [0.15, 0.2) is 48.7 Å². The molecule has 0 radical (unpaired) electrons. The Morgan fingerprint density at radius 2 is 1.56 bits per heavy atom. The molecular weight excluding hydrogens is 338 g/mol. The number of hydrogen-bond donors (Lipinski definition) is 0. The quantitative estimate of drug-likeness (QED) is 0.841. The molecule has 1 saturated carbocycles. The highest BCUT2D eigenvalue weighted by Crippen LogP contribution is 2.37. The van der Waals surface area contributed by atoms with E-state index in [2.05, 4.69) is 4.57 Å². The van der Waals surface area contributed by atoms with Crippen LogP contribution in [0.25, 0.3) is 0 Å². The first-order valence-corrected chi connectivity index (χ1v) is 10.0. The molecule has 5 heteroatoms. The monoisotopic (exact) mass is 363 g/mol. The lowest BCUT2D eigenvalue weighted by molar-refractivity contribution is 0.0564. The minimum absolute atomic E-state index is 0.0863. The number of nitrogens with zero attached hydrogens (tertiary/aromatic N) is 3. The van der Waals surface area contributed by atoms with Crippen LogP contribution in [0.4, 0.5) is 0 Å². The van der Waals surface area contributed by atoms with Crippen LogP contribution in [-0.2, 0) is 0 Å². The highest BCUT2D eigenvalue weighted by molar-refractivity contribution is 5.95. The molecule has 27 heavy (non-hydrogen) atoms. The molecule has 0 N–H and O–H groups in total. The van der Waals surface area contributed by atoms with Gasteiger partial charge in [0.25, 0.3) is 11.8 Å². The SMILES string of the molecule is O=C(c1ccccc1)N1C[C@@H]2CC[C@H](C1)N(C(=O)c1cccn1C1CC1)C2. The molecule has 4 aliphatic rings. The summed E-state index contributed by atoms with van der Waals surface area (Å²) in [5, 5.41) is 0. The predicted molar refractivity (Wildman–Crippen MR) is 103 cm³/mol. The zero-order chi connectivity index (χ0) is 18.4. The van der Waals surface area contributed by atoms with Gasteiger partial charge in [0.05, 0.1) is 0 Å². The smallest absolute Gasteiger partial charge is 0.270 e. The minimum Gasteiger partial charge on any atom is -0.340 e. The second-order valence-electron chi connectivity index (χ2n) is 8.16. The molecule has 0 spiro atoms. The van der Waals surface area contributed by atoms with E-state index in [0.717, 1.165) is 37.2 Å². The fourth-order valence-corrected chi connectivity index (χ4v) is 4.65. The molecule has 2 amide bonds. The summed E-state index contributed by atoms with van der Waals surface area (Å²) in [6.45, 7) is 2.15. The standard InChI is InChI=1S/C22H25N3O2/c26-21(17-5-2-1-3-6-17)23-13-16-8-9-19(15-23)25(14-16)22(27)20-7-4-12-24(20)18-10-11-18/h1-7,12,16,18-19H,8-11,13-15H2/t16-,19+/m0/s1. The number of amides is 2. The van der Waals surface area contributed by atoms with Crippen molar-refractivity contribution in [2.45, 2.75) is 37.8 Å². The van der Waals surface area contributed by atoms with Crippen LogP contribution in [-0.4, -0.2) is 51.9 Å². The van der Waals surface area contributed by atoms with Gasteiger partial charge in [-0.3, -0.25) is 9.59 Å². The average molecular weight is 363 g/mol. The average Bonchev–Trinajstić information content (AvgIpc) is 3.50. The van der Waals surface area contributed by atoms with Gasteiger partial charge in [-0.2, -0.15) is 0 Å². The molecule has 2 atom stereocenters. The molecular formula is C22H25N3O2. The maximum absolute atomic E-state index is 13.3. The molecule has 6 rings (SSSR count). The Balaban J connectivity index is 1.37. The number of fused-ring (bicyclic) bond motifs is 4. The number of piperidine rings is 1. The number of rotatable bonds is 3. The Hall–Kier alpha value is -2.56. The third-order valence-corrected chi connectivity index (χ3v) is 6.22. The topological polar surface area (TPSA) is 45.6 Å². The van der Waals surface area contributed by atoms with Crippen LogP contribution in [0, 0.1) is 5.92 Å². The summed E-state index contributed by atoms with van der Waals surface area (Å²) in [6, 6.07) is 14.0. The summed E-state index contributed by atoms with van der Waals surface area (Å²) >= 11 is 0. The van der Waals surface area contributed by atoms with Crippen molar-refractivity contribution in [3.63, 3.8) is 0 Å². The Kier molecular flexibility index (Phi) is 4.03. The Morgan fingerprint density at radius 3 is 2.33 bits per heavy atom. The van der Waals surface area contributed by atoms with Crippen LogP contribution in [0.1, 0.15) is 52.6 Å². The Bertz CT molecular complexity index is 855. The van der Waals surface area contributed by atoms with Gasteiger partial charge in [0.15, 0.2) is 0 Å². The second kappa shape index (κ2) is 6.55. The minimum atomic E-state index is 0.0863. The molecule has 2 aromatic rings. The molecule has 4 heterocycles. The van der Waals surface area contributed by atoms with Crippen molar-refractivity contribution < 1.29 is 9.59 Å². The normalized spacial score (nSPS) is 24.7. The maximum Gasteiger partial charge on any atom is 0.270 e. The van der Waals surface area contributed by atoms with Gasteiger partial charge >= 0.3 is 0 Å². The largest absolute Gasteiger partial charge is 0.340 e. The highest BCUT2D eigenvalue weighted by Gasteiger charge is 2.40. The molecule has 4 fully saturated rings. The van der Waals surface area contributed by atoms with E-state index in [4.69, 9.17) is 0 Å². The Morgan fingerprint density at radius 1 is 0.778 bits per heavy atom. The lowest BCUT2D eigenvalue weighted by atomic mass is 9.94. The number of benzene rings is 1. The van der Waals surface area contributed by atoms with E-state index in [1.54, 1.807) is 0 Å². The third-order valence-electron chi connectivity index (χ3n) is 6.22. The van der Waals surface area contributed by atoms with Crippen molar-refractivity contribution in [2.75, 3.05) is 19.6 Å². The fourth-order valence-electron chi connectivity index (χ4n) is 4.65. The first-order valence-electron chi connectivity index (χ1n) is 10.0. The summed E-state index contributed by atoms with van der Waals surface area (Å²) in [7, 11) is 0. The van der Waals surface area contributed by atoms with E-state index >= 15 is 0 Å². The van der Waals surface area contributed by atoms with Crippen LogP contribution < -0.4 is 0 Å². The Labute approximate surface area is 159 Å². The molecule has 3 saturated heterocycles. The summed E-state index contributed by atoms with van der Waals surface area (Å²) < 4.78 is 2.15. The van der Waals surface area contributed by atoms with Gasteiger partial charge in [-0.25, -0.2) is 0 Å². The van der Waals surface area contributed by atoms with Crippen molar-refractivity contribution in [1.29, 1.82) is 0 Å². The molecule has 0 unspecified atom stereocenters. The molecule has 3 aliphatic heterocycles. The fraction of sp³-hybridized carbons (Fsp3) is 0.455. The first-order chi connectivity index (χ1) is 13.2. The van der Waals surface area contributed by atoms with Gasteiger partial charge in [-0.1, -0.05) is 18.2 Å². The van der Waals surface area contributed by atoms with Crippen LogP contribution in [0.2, 0.25) is 0 Å². The van der Waals surface area contributed by atoms with E-state index in [-0.39, 0.29) is 17.9 Å². The molecule has 140 valence electrons. The number of carbonyl (C=O) groups excluding carboxylic acids is 2. The van der Waals surface area contributed by atoms with Gasteiger partial charge in [0.1, 0.15) is 5.69 Å². The molecule has 1 aromatic heterocycles. The summed E-state index contributed by atoms with van der Waals surface area (Å²) in [5.74, 6) is 0.587. The molecule has 1 aromatic carbocycles. The first kappa shape index (κ1) is 16.6. The van der Waals surface area contributed by atoms with Crippen LogP contribution >= 0.6 is 0 Å². The van der Waals surface area contributed by atoms with E-state index in [0.29, 0.717) is 18.5 Å². The van der Waals surface area contributed by atoms with E-state index in [1.807, 2.05) is 58.5 Å². The van der Waals surface area contributed by atoms with Crippen molar-refractivity contribution in [2.24, 2.45) is 5.92 Å². The van der Waals surface area contributed by atoms with Crippen molar-refractivity contribution in [3.8, 4) is 0 Å². The van der Waals surface area contributed by atoms with Crippen LogP contribution in [0.3, 0.4) is 0 Å². The van der Waals surface area contributed by atoms with Crippen molar-refractivity contribution >= 4 is 11.8 Å². The second-order valence-corrected chi connectivity index (χ2v) is 8.16. The maximum atomic E-state index is 13.3. The predicted octanol–water partition coefficient (Wildman–Crippen LogP) is 3.20. The van der Waals surface area contributed by atoms with Crippen molar-refractivity contribution in [1.82, 2.24) is 14.4 Å². The molecule has 5 nitrogen and oxygen atoms in total. The zero-order valence-corrected chi connectivity index (χ0v) is 15.5.